The molecule has 3 unspecified atom stereocenters. The number of benzene rings is 1. The van der Waals surface area contributed by atoms with E-state index in [1.165, 1.54) is 30.5 Å². The highest BCUT2D eigenvalue weighted by atomic mass is 16.2. The zero-order valence-electron chi connectivity index (χ0n) is 14.7. The Morgan fingerprint density at radius 2 is 2.17 bits per heavy atom. The van der Waals surface area contributed by atoms with Gasteiger partial charge >= 0.3 is 0 Å². The van der Waals surface area contributed by atoms with E-state index in [2.05, 4.69) is 27.9 Å². The Bertz CT molecular complexity index is 765. The molecule has 3 aliphatic rings. The Kier molecular flexibility index (Phi) is 3.64. The van der Waals surface area contributed by atoms with Gasteiger partial charge in [-0.25, -0.2) is 0 Å². The number of carbonyl (C=O) groups excluding carboxylic acids is 1. The molecule has 1 aromatic carbocycles. The van der Waals surface area contributed by atoms with Gasteiger partial charge in [0, 0.05) is 28.6 Å². The van der Waals surface area contributed by atoms with Crippen molar-refractivity contribution in [3.8, 4) is 0 Å². The fourth-order valence-electron chi connectivity index (χ4n) is 3.98. The maximum absolute atomic E-state index is 12.5. The van der Waals surface area contributed by atoms with Crippen molar-refractivity contribution >= 4 is 22.5 Å². The highest BCUT2D eigenvalue weighted by Crippen LogP contribution is 2.32. The average molecular weight is 326 g/mol. The topological polar surface area (TPSA) is 59.0 Å². The standard InChI is InChI=1S/C19H26N4O/c1-19(2,3)18(24)23-17-7-5-14(9-13(17)11-21-23)22-16-8-12-4-6-15(16)20-10-12/h5,7,9,11-12,15-16,20,22H,4,6,8,10H2,1-3H3. The van der Waals surface area contributed by atoms with Gasteiger partial charge in [0.05, 0.1) is 11.7 Å². The highest BCUT2D eigenvalue weighted by Gasteiger charge is 2.35. The van der Waals surface area contributed by atoms with E-state index in [9.17, 15) is 4.79 Å². The van der Waals surface area contributed by atoms with E-state index < -0.39 is 5.41 Å². The zero-order valence-corrected chi connectivity index (χ0v) is 14.7. The number of rotatable bonds is 2. The number of nitrogens with zero attached hydrogens (tertiary/aromatic N) is 2. The Hall–Kier alpha value is -1.88. The number of aromatic nitrogens is 2. The first-order valence-electron chi connectivity index (χ1n) is 8.94. The third-order valence-electron chi connectivity index (χ3n) is 5.38. The van der Waals surface area contributed by atoms with E-state index in [-0.39, 0.29) is 5.91 Å². The summed E-state index contributed by atoms with van der Waals surface area (Å²) < 4.78 is 1.53. The van der Waals surface area contributed by atoms with Crippen molar-refractivity contribution in [1.82, 2.24) is 15.1 Å². The smallest absolute Gasteiger partial charge is 0.252 e. The Morgan fingerprint density at radius 1 is 1.33 bits per heavy atom. The van der Waals surface area contributed by atoms with Crippen LogP contribution < -0.4 is 10.6 Å². The molecule has 3 atom stereocenters. The predicted molar refractivity (Wildman–Crippen MR) is 96.4 cm³/mol. The first-order valence-corrected chi connectivity index (χ1v) is 8.94. The van der Waals surface area contributed by atoms with Gasteiger partial charge < -0.3 is 10.6 Å². The van der Waals surface area contributed by atoms with Crippen molar-refractivity contribution in [2.45, 2.75) is 52.1 Å². The number of hydrogen-bond acceptors (Lipinski definition) is 4. The molecule has 5 nitrogen and oxygen atoms in total. The summed E-state index contributed by atoms with van der Waals surface area (Å²) in [4.78, 5) is 12.5. The molecule has 128 valence electrons. The van der Waals surface area contributed by atoms with E-state index in [1.807, 2.05) is 26.8 Å². The maximum Gasteiger partial charge on any atom is 0.252 e. The molecule has 2 aliphatic heterocycles. The molecule has 1 aromatic heterocycles. The molecule has 1 saturated carbocycles. The molecule has 24 heavy (non-hydrogen) atoms. The molecular formula is C19H26N4O. The number of hydrogen-bond donors (Lipinski definition) is 2. The number of anilines is 1. The third-order valence-corrected chi connectivity index (χ3v) is 5.38. The van der Waals surface area contributed by atoms with Crippen molar-refractivity contribution in [2.24, 2.45) is 11.3 Å². The van der Waals surface area contributed by atoms with Crippen molar-refractivity contribution in [3.63, 3.8) is 0 Å². The highest BCUT2D eigenvalue weighted by molar-refractivity contribution is 5.94. The second-order valence-corrected chi connectivity index (χ2v) is 8.33. The second kappa shape index (κ2) is 5.59. The summed E-state index contributed by atoms with van der Waals surface area (Å²) in [5, 5.41) is 12.6. The average Bonchev–Trinajstić information content (AvgIpc) is 2.97. The van der Waals surface area contributed by atoms with Crippen LogP contribution in [-0.2, 0) is 0 Å². The molecule has 1 aliphatic carbocycles. The summed E-state index contributed by atoms with van der Waals surface area (Å²) in [6.45, 7) is 6.93. The van der Waals surface area contributed by atoms with E-state index in [0.717, 1.165) is 22.5 Å². The lowest BCUT2D eigenvalue weighted by Crippen LogP contribution is -2.55. The monoisotopic (exact) mass is 326 g/mol. The summed E-state index contributed by atoms with van der Waals surface area (Å²) in [7, 11) is 0. The molecule has 2 N–H and O–H groups in total. The van der Waals surface area contributed by atoms with E-state index in [4.69, 9.17) is 0 Å². The van der Waals surface area contributed by atoms with Crippen molar-refractivity contribution < 1.29 is 4.79 Å². The van der Waals surface area contributed by atoms with Crippen LogP contribution in [0.4, 0.5) is 5.69 Å². The molecule has 3 heterocycles. The minimum absolute atomic E-state index is 0.0204. The van der Waals surface area contributed by atoms with Gasteiger partial charge in [-0.15, -0.1) is 0 Å². The van der Waals surface area contributed by atoms with Gasteiger partial charge in [-0.1, -0.05) is 20.8 Å². The predicted octanol–water partition coefficient (Wildman–Crippen LogP) is 3.28. The molecule has 5 heteroatoms. The molecule has 0 amide bonds. The number of fused-ring (bicyclic) bond motifs is 4. The molecule has 2 bridgehead atoms. The Labute approximate surface area is 142 Å². The van der Waals surface area contributed by atoms with Crippen LogP contribution in [0.25, 0.3) is 10.9 Å². The minimum Gasteiger partial charge on any atom is -0.381 e. The first kappa shape index (κ1) is 15.6. The second-order valence-electron chi connectivity index (χ2n) is 8.33. The minimum atomic E-state index is -0.442. The van der Waals surface area contributed by atoms with Crippen LogP contribution in [0.5, 0.6) is 0 Å². The van der Waals surface area contributed by atoms with Crippen LogP contribution in [0.3, 0.4) is 0 Å². The lowest BCUT2D eigenvalue weighted by Gasteiger charge is -2.43. The molecule has 2 aromatic rings. The maximum atomic E-state index is 12.5. The zero-order chi connectivity index (χ0) is 16.9. The molecule has 2 saturated heterocycles. The fourth-order valence-corrected chi connectivity index (χ4v) is 3.98. The van der Waals surface area contributed by atoms with E-state index in [0.29, 0.717) is 12.1 Å². The van der Waals surface area contributed by atoms with Gasteiger partial charge in [-0.3, -0.25) is 4.79 Å². The molecular weight excluding hydrogens is 300 g/mol. The molecule has 0 radical (unpaired) electrons. The van der Waals surface area contributed by atoms with Crippen LogP contribution in [-0.4, -0.2) is 34.3 Å². The van der Waals surface area contributed by atoms with Crippen LogP contribution in [0.2, 0.25) is 0 Å². The van der Waals surface area contributed by atoms with Crippen molar-refractivity contribution in [1.29, 1.82) is 0 Å². The normalized spacial score (nSPS) is 26.7. The lowest BCUT2D eigenvalue weighted by atomic mass is 9.78. The van der Waals surface area contributed by atoms with Crippen molar-refractivity contribution in [2.75, 3.05) is 11.9 Å². The molecule has 3 fully saturated rings. The summed E-state index contributed by atoms with van der Waals surface area (Å²) in [5.41, 5.74) is 1.55. The summed E-state index contributed by atoms with van der Waals surface area (Å²) in [5.74, 6) is 0.829. The summed E-state index contributed by atoms with van der Waals surface area (Å²) in [6, 6.07) is 7.26. The van der Waals surface area contributed by atoms with Gasteiger partial charge in [0.25, 0.3) is 5.91 Å². The van der Waals surface area contributed by atoms with Crippen LogP contribution >= 0.6 is 0 Å². The SMILES string of the molecule is CC(C)(C)C(=O)n1ncc2cc(NC3CC4CCC3NC4)ccc21. The largest absolute Gasteiger partial charge is 0.381 e. The number of piperidine rings is 2. The van der Waals surface area contributed by atoms with Crippen LogP contribution in [0, 0.1) is 11.3 Å². The third kappa shape index (κ3) is 2.71. The van der Waals surface area contributed by atoms with Crippen LogP contribution in [0.15, 0.2) is 24.4 Å². The lowest BCUT2D eigenvalue weighted by molar-refractivity contribution is 0.0755. The van der Waals surface area contributed by atoms with Gasteiger partial charge in [0.1, 0.15) is 0 Å². The van der Waals surface area contributed by atoms with Gasteiger partial charge in [0.2, 0.25) is 0 Å². The van der Waals surface area contributed by atoms with Gasteiger partial charge in [-0.05, 0) is 49.9 Å². The van der Waals surface area contributed by atoms with Gasteiger partial charge in [-0.2, -0.15) is 9.78 Å². The van der Waals surface area contributed by atoms with Crippen molar-refractivity contribution in [3.05, 3.63) is 24.4 Å². The summed E-state index contributed by atoms with van der Waals surface area (Å²) >= 11 is 0. The fraction of sp³-hybridized carbons (Fsp3) is 0.579. The number of carbonyl (C=O) groups is 1. The van der Waals surface area contributed by atoms with E-state index >= 15 is 0 Å². The molecule has 0 spiro atoms. The van der Waals surface area contributed by atoms with Crippen LogP contribution in [0.1, 0.15) is 44.8 Å². The first-order chi connectivity index (χ1) is 11.4. The quantitative estimate of drug-likeness (QED) is 0.889. The number of nitrogens with one attached hydrogen (secondary N) is 2. The Balaban J connectivity index is 1.57. The molecule has 5 rings (SSSR count). The summed E-state index contributed by atoms with van der Waals surface area (Å²) in [6.07, 6.45) is 5.66. The Morgan fingerprint density at radius 3 is 2.79 bits per heavy atom. The van der Waals surface area contributed by atoms with E-state index in [1.54, 1.807) is 6.20 Å². The van der Waals surface area contributed by atoms with Gasteiger partial charge in [0.15, 0.2) is 0 Å².